The zero-order valence-corrected chi connectivity index (χ0v) is 26.7. The van der Waals surface area contributed by atoms with Crippen LogP contribution in [0.1, 0.15) is 11.1 Å². The van der Waals surface area contributed by atoms with Crippen molar-refractivity contribution >= 4 is 49.3 Å². The molecular weight excluding hydrogens is 611 g/mol. The lowest BCUT2D eigenvalue weighted by atomic mass is 9.95. The normalized spacial score (nSPS) is 11.1. The molecule has 0 atom stereocenters. The maximum atomic E-state index is 10.2. The maximum Gasteiger partial charge on any atom is 0.188 e. The number of benzene rings is 7. The van der Waals surface area contributed by atoms with E-state index in [2.05, 4.69) is 92.8 Å². The molecular formula is C45H25N5. The number of fused-ring (bicyclic) bond motifs is 6. The summed E-state index contributed by atoms with van der Waals surface area (Å²) in [5.41, 5.74) is 11.9. The van der Waals surface area contributed by atoms with E-state index in [-0.39, 0.29) is 0 Å². The largest absolute Gasteiger partial charge is 0.309 e. The molecule has 230 valence electrons. The molecule has 0 spiro atoms. The lowest BCUT2D eigenvalue weighted by Gasteiger charge is -2.15. The number of aromatic nitrogens is 2. The van der Waals surface area contributed by atoms with Crippen LogP contribution in [0.3, 0.4) is 0 Å². The lowest BCUT2D eigenvalue weighted by molar-refractivity contribution is 1.18. The van der Waals surface area contributed by atoms with E-state index in [1.807, 2.05) is 84.9 Å². The van der Waals surface area contributed by atoms with Crippen molar-refractivity contribution in [3.63, 3.8) is 0 Å². The van der Waals surface area contributed by atoms with Gasteiger partial charge in [0.1, 0.15) is 0 Å². The Bertz CT molecular complexity index is 2960. The third-order valence-corrected chi connectivity index (χ3v) is 9.56. The summed E-state index contributed by atoms with van der Waals surface area (Å²) < 4.78 is 4.49. The molecule has 0 aliphatic rings. The van der Waals surface area contributed by atoms with E-state index in [9.17, 15) is 10.5 Å². The van der Waals surface area contributed by atoms with Crippen molar-refractivity contribution in [3.8, 4) is 45.8 Å². The minimum atomic E-state index is 0.580. The van der Waals surface area contributed by atoms with E-state index in [0.29, 0.717) is 16.8 Å². The SMILES string of the molecule is [C-]#[N+]c1ccc2c(c1)c1ccccc1n2-c1ccccc1-c1cc(C#N)cc(-c2ccc(-n3c4ccccc4c4cc(C#N)ccc43)cc2)c1. The summed E-state index contributed by atoms with van der Waals surface area (Å²) >= 11 is 0. The van der Waals surface area contributed by atoms with E-state index in [0.717, 1.165) is 77.2 Å². The molecule has 0 radical (unpaired) electrons. The highest BCUT2D eigenvalue weighted by molar-refractivity contribution is 6.11. The van der Waals surface area contributed by atoms with Gasteiger partial charge in [-0.2, -0.15) is 10.5 Å². The Labute approximate surface area is 288 Å². The highest BCUT2D eigenvalue weighted by Gasteiger charge is 2.17. The van der Waals surface area contributed by atoms with Crippen LogP contribution >= 0.6 is 0 Å². The first-order valence-electron chi connectivity index (χ1n) is 16.2. The molecule has 5 heteroatoms. The predicted molar refractivity (Wildman–Crippen MR) is 202 cm³/mol. The highest BCUT2D eigenvalue weighted by atomic mass is 15.0. The molecule has 50 heavy (non-hydrogen) atoms. The van der Waals surface area contributed by atoms with Gasteiger partial charge in [-0.05, 0) is 101 Å². The molecule has 2 heterocycles. The summed E-state index contributed by atoms with van der Waals surface area (Å²) in [5.74, 6) is 0. The van der Waals surface area contributed by atoms with Gasteiger partial charge in [0.05, 0.1) is 57.6 Å². The number of nitriles is 2. The van der Waals surface area contributed by atoms with Crippen LogP contribution in [0.5, 0.6) is 0 Å². The van der Waals surface area contributed by atoms with Crippen LogP contribution in [0.15, 0.2) is 152 Å². The first-order valence-corrected chi connectivity index (χ1v) is 16.2. The molecule has 0 amide bonds. The van der Waals surface area contributed by atoms with E-state index >= 15 is 0 Å². The average Bonchev–Trinajstić information content (AvgIpc) is 3.69. The van der Waals surface area contributed by atoms with Crippen LogP contribution in [-0.4, -0.2) is 9.13 Å². The van der Waals surface area contributed by atoms with Gasteiger partial charge < -0.3 is 9.13 Å². The fraction of sp³-hybridized carbons (Fsp3) is 0. The summed E-state index contributed by atoms with van der Waals surface area (Å²) in [7, 11) is 0. The van der Waals surface area contributed by atoms with E-state index in [1.165, 1.54) is 0 Å². The van der Waals surface area contributed by atoms with Crippen molar-refractivity contribution in [2.45, 2.75) is 0 Å². The Hall–Kier alpha value is -7.39. The summed E-state index contributed by atoms with van der Waals surface area (Å²) in [6.45, 7) is 7.58. The minimum absolute atomic E-state index is 0.580. The van der Waals surface area contributed by atoms with Gasteiger partial charge in [-0.25, -0.2) is 4.85 Å². The van der Waals surface area contributed by atoms with Crippen LogP contribution in [-0.2, 0) is 0 Å². The standard InChI is InChI=1S/C45H25N5/c1-48-34-17-21-45-40(26-34)38-10-4-7-13-43(38)50(45)41-11-5-2-8-36(41)33-23-30(28-47)22-32(25-33)31-15-18-35(19-16-31)49-42-12-6-3-9-37(42)39-24-29(27-46)14-20-44(39)49/h2-26H. The Balaban J connectivity index is 1.18. The van der Waals surface area contributed by atoms with Crippen molar-refractivity contribution in [1.82, 2.24) is 9.13 Å². The number of para-hydroxylation sites is 3. The van der Waals surface area contributed by atoms with Gasteiger partial charge >= 0.3 is 0 Å². The molecule has 0 unspecified atom stereocenters. The van der Waals surface area contributed by atoms with Crippen LogP contribution in [0, 0.1) is 29.2 Å². The first kappa shape index (κ1) is 28.8. The van der Waals surface area contributed by atoms with E-state index < -0.39 is 0 Å². The monoisotopic (exact) mass is 635 g/mol. The van der Waals surface area contributed by atoms with Gasteiger partial charge in [-0.3, -0.25) is 0 Å². The molecule has 0 aliphatic carbocycles. The number of rotatable bonds is 4. The smallest absolute Gasteiger partial charge is 0.188 e. The Morgan fingerprint density at radius 2 is 1.06 bits per heavy atom. The van der Waals surface area contributed by atoms with Gasteiger partial charge in [0.25, 0.3) is 0 Å². The number of hydrogen-bond donors (Lipinski definition) is 0. The zero-order chi connectivity index (χ0) is 33.8. The van der Waals surface area contributed by atoms with E-state index in [1.54, 1.807) is 0 Å². The van der Waals surface area contributed by atoms with Crippen molar-refractivity contribution in [2.24, 2.45) is 0 Å². The Kier molecular flexibility index (Phi) is 6.56. The number of hydrogen-bond acceptors (Lipinski definition) is 2. The minimum Gasteiger partial charge on any atom is -0.309 e. The maximum absolute atomic E-state index is 10.2. The molecule has 0 fully saturated rings. The molecule has 2 aromatic heterocycles. The van der Waals surface area contributed by atoms with Crippen molar-refractivity contribution in [2.75, 3.05) is 0 Å². The summed E-state index contributed by atoms with van der Waals surface area (Å²) in [6.07, 6.45) is 0. The summed E-state index contributed by atoms with van der Waals surface area (Å²) in [4.78, 5) is 3.68. The second-order valence-electron chi connectivity index (χ2n) is 12.3. The average molecular weight is 636 g/mol. The quantitative estimate of drug-likeness (QED) is 0.181. The van der Waals surface area contributed by atoms with E-state index in [4.69, 9.17) is 6.57 Å². The molecule has 0 N–H and O–H groups in total. The number of nitrogens with zero attached hydrogens (tertiary/aromatic N) is 5. The third kappa shape index (κ3) is 4.45. The van der Waals surface area contributed by atoms with Crippen molar-refractivity contribution in [1.29, 1.82) is 10.5 Å². The topological polar surface area (TPSA) is 61.8 Å². The van der Waals surface area contributed by atoms with Crippen LogP contribution in [0.4, 0.5) is 5.69 Å². The van der Waals surface area contributed by atoms with Gasteiger partial charge in [0.2, 0.25) is 0 Å². The molecule has 0 saturated carbocycles. The lowest BCUT2D eigenvalue weighted by Crippen LogP contribution is -1.97. The fourth-order valence-electron chi connectivity index (χ4n) is 7.34. The van der Waals surface area contributed by atoms with Crippen LogP contribution in [0.25, 0.3) is 82.1 Å². The second kappa shape index (κ2) is 11.4. The first-order chi connectivity index (χ1) is 24.6. The van der Waals surface area contributed by atoms with Gasteiger partial charge in [0, 0.05) is 27.4 Å². The summed E-state index contributed by atoms with van der Waals surface area (Å²) in [6, 6.07) is 55.7. The van der Waals surface area contributed by atoms with Crippen molar-refractivity contribution in [3.05, 3.63) is 174 Å². The molecule has 9 aromatic rings. The summed E-state index contributed by atoms with van der Waals surface area (Å²) in [5, 5.41) is 24.0. The van der Waals surface area contributed by atoms with Gasteiger partial charge in [-0.15, -0.1) is 0 Å². The molecule has 0 saturated heterocycles. The fourth-order valence-corrected chi connectivity index (χ4v) is 7.34. The molecule has 5 nitrogen and oxygen atoms in total. The van der Waals surface area contributed by atoms with Crippen LogP contribution in [0.2, 0.25) is 0 Å². The highest BCUT2D eigenvalue weighted by Crippen LogP contribution is 2.39. The molecule has 0 bridgehead atoms. The van der Waals surface area contributed by atoms with Gasteiger partial charge in [-0.1, -0.05) is 72.8 Å². The molecule has 0 aliphatic heterocycles. The van der Waals surface area contributed by atoms with Crippen molar-refractivity contribution < 1.29 is 0 Å². The Morgan fingerprint density at radius 1 is 0.460 bits per heavy atom. The predicted octanol–water partition coefficient (Wildman–Crippen LogP) is 11.5. The second-order valence-corrected chi connectivity index (χ2v) is 12.3. The van der Waals surface area contributed by atoms with Gasteiger partial charge in [0.15, 0.2) is 5.69 Å². The molecule has 7 aromatic carbocycles. The third-order valence-electron chi connectivity index (χ3n) is 9.56. The Morgan fingerprint density at radius 3 is 1.80 bits per heavy atom. The molecule has 9 rings (SSSR count). The zero-order valence-electron chi connectivity index (χ0n) is 26.7. The van der Waals surface area contributed by atoms with Crippen LogP contribution < -0.4 is 0 Å².